The molecule has 0 radical (unpaired) electrons. The van der Waals surface area contributed by atoms with E-state index >= 15 is 0 Å². The van der Waals surface area contributed by atoms with Gasteiger partial charge >= 0.3 is 6.18 Å². The second-order valence-electron chi connectivity index (χ2n) is 6.88. The number of ether oxygens (including phenoxy) is 2. The summed E-state index contributed by atoms with van der Waals surface area (Å²) in [4.78, 5) is 1.80. The Hall–Kier alpha value is -1.43. The molecule has 0 amide bonds. The molecule has 2 rings (SSSR count). The maximum absolute atomic E-state index is 12.2. The predicted molar refractivity (Wildman–Crippen MR) is 83.0 cm³/mol. The number of likely N-dealkylation sites (tertiary alicyclic amines) is 1. The molecule has 0 N–H and O–H groups in total. The summed E-state index contributed by atoms with van der Waals surface area (Å²) < 4.78 is 48.3. The molecule has 1 aliphatic rings. The molecule has 3 nitrogen and oxygen atoms in total. The largest absolute Gasteiger partial charge is 0.489 e. The van der Waals surface area contributed by atoms with Gasteiger partial charge in [0.1, 0.15) is 23.2 Å². The lowest BCUT2D eigenvalue weighted by atomic mass is 10.2. The molecule has 0 unspecified atom stereocenters. The van der Waals surface area contributed by atoms with E-state index in [-0.39, 0.29) is 18.2 Å². The maximum Gasteiger partial charge on any atom is 0.390 e. The molecule has 1 aromatic rings. The third kappa shape index (κ3) is 6.69. The van der Waals surface area contributed by atoms with Gasteiger partial charge in [-0.15, -0.1) is 0 Å². The first-order valence-electron chi connectivity index (χ1n) is 7.86. The van der Waals surface area contributed by atoms with E-state index in [2.05, 4.69) is 0 Å². The summed E-state index contributed by atoms with van der Waals surface area (Å²) in [6.45, 7) is 7.16. The smallest absolute Gasteiger partial charge is 0.390 e. The minimum Gasteiger partial charge on any atom is -0.489 e. The van der Waals surface area contributed by atoms with Crippen molar-refractivity contribution in [1.82, 2.24) is 4.90 Å². The van der Waals surface area contributed by atoms with Gasteiger partial charge in [0.2, 0.25) is 0 Å². The molecule has 0 aliphatic carbocycles. The van der Waals surface area contributed by atoms with Gasteiger partial charge < -0.3 is 9.47 Å². The molecule has 0 saturated carbocycles. The third-order valence-corrected chi connectivity index (χ3v) is 3.49. The predicted octanol–water partition coefficient (Wildman–Crippen LogP) is 4.27. The zero-order valence-electron chi connectivity index (χ0n) is 13.8. The molecule has 23 heavy (non-hydrogen) atoms. The van der Waals surface area contributed by atoms with Gasteiger partial charge in [0, 0.05) is 19.6 Å². The van der Waals surface area contributed by atoms with Crippen molar-refractivity contribution in [2.75, 3.05) is 19.6 Å². The number of alkyl halides is 3. The van der Waals surface area contributed by atoms with Crippen LogP contribution in [0, 0.1) is 0 Å². The van der Waals surface area contributed by atoms with Crippen LogP contribution in [0.3, 0.4) is 0 Å². The summed E-state index contributed by atoms with van der Waals surface area (Å²) in [5.74, 6) is 1.48. The van der Waals surface area contributed by atoms with Crippen LogP contribution in [-0.4, -0.2) is 42.4 Å². The molecule has 130 valence electrons. The Morgan fingerprint density at radius 1 is 1.09 bits per heavy atom. The van der Waals surface area contributed by atoms with Crippen LogP contribution in [0.4, 0.5) is 13.2 Å². The Kier molecular flexibility index (Phi) is 5.45. The lowest BCUT2D eigenvalue weighted by Crippen LogP contribution is -2.28. The molecule has 0 bridgehead atoms. The van der Waals surface area contributed by atoms with Crippen LogP contribution in [0.5, 0.6) is 11.5 Å². The van der Waals surface area contributed by atoms with Gasteiger partial charge in [-0.05, 0) is 51.5 Å². The fourth-order valence-electron chi connectivity index (χ4n) is 2.51. The Bertz CT molecular complexity index is 494. The highest BCUT2D eigenvalue weighted by Gasteiger charge is 2.30. The SMILES string of the molecule is CC(C)(C)Oc1ccc(O[C@@H]2CCN(CCC(F)(F)F)C2)cc1. The molecular weight excluding hydrogens is 307 g/mol. The van der Waals surface area contributed by atoms with E-state index in [1.807, 2.05) is 45.0 Å². The topological polar surface area (TPSA) is 21.7 Å². The highest BCUT2D eigenvalue weighted by molar-refractivity contribution is 5.31. The van der Waals surface area contributed by atoms with Crippen molar-refractivity contribution in [3.63, 3.8) is 0 Å². The molecule has 6 heteroatoms. The second kappa shape index (κ2) is 6.99. The van der Waals surface area contributed by atoms with Gasteiger partial charge in [-0.3, -0.25) is 4.90 Å². The Morgan fingerprint density at radius 3 is 2.26 bits per heavy atom. The Morgan fingerprint density at radius 2 is 1.70 bits per heavy atom. The summed E-state index contributed by atoms with van der Waals surface area (Å²) in [6, 6.07) is 7.35. The number of hydrogen-bond acceptors (Lipinski definition) is 3. The minimum atomic E-state index is -4.10. The molecule has 1 saturated heterocycles. The molecule has 0 spiro atoms. The number of benzene rings is 1. The Labute approximate surface area is 135 Å². The Balaban J connectivity index is 1.79. The van der Waals surface area contributed by atoms with E-state index in [1.165, 1.54) is 0 Å². The van der Waals surface area contributed by atoms with Crippen molar-refractivity contribution in [3.05, 3.63) is 24.3 Å². The van der Waals surface area contributed by atoms with Crippen molar-refractivity contribution >= 4 is 0 Å². The van der Waals surface area contributed by atoms with Gasteiger partial charge in [-0.2, -0.15) is 13.2 Å². The molecule has 0 aromatic heterocycles. The molecule has 1 fully saturated rings. The van der Waals surface area contributed by atoms with Crippen molar-refractivity contribution in [3.8, 4) is 11.5 Å². The summed E-state index contributed by atoms with van der Waals surface area (Å²) in [5, 5.41) is 0. The third-order valence-electron chi connectivity index (χ3n) is 3.49. The second-order valence-corrected chi connectivity index (χ2v) is 6.88. The van der Waals surface area contributed by atoms with E-state index in [0.29, 0.717) is 18.8 Å². The molecule has 1 heterocycles. The van der Waals surface area contributed by atoms with E-state index < -0.39 is 12.6 Å². The van der Waals surface area contributed by atoms with E-state index in [0.717, 1.165) is 12.2 Å². The molecule has 1 atom stereocenters. The van der Waals surface area contributed by atoms with Crippen LogP contribution in [0.25, 0.3) is 0 Å². The van der Waals surface area contributed by atoms with Gasteiger partial charge in [0.05, 0.1) is 6.42 Å². The number of halogens is 3. The highest BCUT2D eigenvalue weighted by Crippen LogP contribution is 2.25. The van der Waals surface area contributed by atoms with E-state index in [1.54, 1.807) is 4.90 Å². The van der Waals surface area contributed by atoms with Crippen LogP contribution < -0.4 is 9.47 Å². The molecular formula is C17H24F3NO2. The van der Waals surface area contributed by atoms with Gasteiger partial charge in [0.15, 0.2) is 0 Å². The van der Waals surface area contributed by atoms with Crippen molar-refractivity contribution in [2.24, 2.45) is 0 Å². The minimum absolute atomic E-state index is 0.0434. The first-order valence-corrected chi connectivity index (χ1v) is 7.86. The number of nitrogens with zero attached hydrogens (tertiary/aromatic N) is 1. The average Bonchev–Trinajstić information content (AvgIpc) is 2.84. The van der Waals surface area contributed by atoms with Crippen molar-refractivity contribution < 1.29 is 22.6 Å². The summed E-state index contributed by atoms with van der Waals surface area (Å²) >= 11 is 0. The van der Waals surface area contributed by atoms with Crippen molar-refractivity contribution in [1.29, 1.82) is 0 Å². The first-order chi connectivity index (χ1) is 10.6. The van der Waals surface area contributed by atoms with Gasteiger partial charge in [-0.25, -0.2) is 0 Å². The van der Waals surface area contributed by atoms with Crippen molar-refractivity contribution in [2.45, 2.75) is 51.5 Å². The average molecular weight is 331 g/mol. The first kappa shape index (κ1) is 17.9. The summed E-state index contributed by atoms with van der Waals surface area (Å²) in [5.41, 5.74) is -0.257. The zero-order valence-corrected chi connectivity index (χ0v) is 13.8. The summed E-state index contributed by atoms with van der Waals surface area (Å²) in [6.07, 6.45) is -4.17. The highest BCUT2D eigenvalue weighted by atomic mass is 19.4. The fraction of sp³-hybridized carbons (Fsp3) is 0.647. The van der Waals surface area contributed by atoms with E-state index in [9.17, 15) is 13.2 Å². The quantitative estimate of drug-likeness (QED) is 0.804. The number of hydrogen-bond donors (Lipinski definition) is 0. The standard InChI is InChI=1S/C17H24F3NO2/c1-16(2,3)23-14-6-4-13(5-7-14)22-15-8-10-21(12-15)11-9-17(18,19)20/h4-7,15H,8-12H2,1-3H3/t15-/m1/s1. The fourth-order valence-corrected chi connectivity index (χ4v) is 2.51. The van der Waals surface area contributed by atoms with Crippen LogP contribution in [0.1, 0.15) is 33.6 Å². The molecule has 1 aliphatic heterocycles. The monoisotopic (exact) mass is 331 g/mol. The zero-order chi connectivity index (χ0) is 17.1. The lowest BCUT2D eigenvalue weighted by Gasteiger charge is -2.21. The number of rotatable bonds is 5. The molecule has 1 aromatic carbocycles. The summed E-state index contributed by atoms with van der Waals surface area (Å²) in [7, 11) is 0. The van der Waals surface area contributed by atoms with Crippen LogP contribution in [-0.2, 0) is 0 Å². The van der Waals surface area contributed by atoms with Crippen LogP contribution in [0.15, 0.2) is 24.3 Å². The van der Waals surface area contributed by atoms with Gasteiger partial charge in [0.25, 0.3) is 0 Å². The normalized spacial score (nSPS) is 19.8. The maximum atomic E-state index is 12.2. The van der Waals surface area contributed by atoms with E-state index in [4.69, 9.17) is 9.47 Å². The van der Waals surface area contributed by atoms with Gasteiger partial charge in [-0.1, -0.05) is 0 Å². The lowest BCUT2D eigenvalue weighted by molar-refractivity contribution is -0.137. The van der Waals surface area contributed by atoms with Crippen LogP contribution >= 0.6 is 0 Å². The van der Waals surface area contributed by atoms with Crippen LogP contribution in [0.2, 0.25) is 0 Å².